The van der Waals surface area contributed by atoms with Crippen molar-refractivity contribution in [2.45, 2.75) is 0 Å². The van der Waals surface area contributed by atoms with Crippen molar-refractivity contribution in [1.29, 1.82) is 5.26 Å². The van der Waals surface area contributed by atoms with Crippen molar-refractivity contribution in [2.24, 2.45) is 0 Å². The molecule has 23 heavy (non-hydrogen) atoms. The number of hydrogen-bond acceptors (Lipinski definition) is 5. The number of halogens is 1. The van der Waals surface area contributed by atoms with Crippen molar-refractivity contribution < 1.29 is 13.9 Å². The summed E-state index contributed by atoms with van der Waals surface area (Å²) in [5, 5.41) is 17.0. The zero-order valence-corrected chi connectivity index (χ0v) is 11.7. The lowest BCUT2D eigenvalue weighted by Crippen LogP contribution is -2.02. The minimum absolute atomic E-state index is 0.104. The van der Waals surface area contributed by atoms with Crippen LogP contribution in [0, 0.1) is 17.1 Å². The van der Waals surface area contributed by atoms with Gasteiger partial charge in [-0.1, -0.05) is 17.3 Å². The maximum absolute atomic E-state index is 14.1. The van der Waals surface area contributed by atoms with Gasteiger partial charge in [0.05, 0.1) is 0 Å². The van der Waals surface area contributed by atoms with Gasteiger partial charge < -0.3 is 9.47 Å². The summed E-state index contributed by atoms with van der Waals surface area (Å²) in [6.07, 6.45) is 0. The highest BCUT2D eigenvalue weighted by atomic mass is 19.1. The highest BCUT2D eigenvalue weighted by molar-refractivity contribution is 5.70. The molecule has 0 atom stereocenters. The Balaban J connectivity index is 1.93. The Morgan fingerprint density at radius 2 is 1.96 bits per heavy atom. The number of para-hydroxylation sites is 1. The topological polar surface area (TPSA) is 73.0 Å². The molecule has 0 spiro atoms. The first-order valence-corrected chi connectivity index (χ1v) is 6.78. The summed E-state index contributed by atoms with van der Waals surface area (Å²) >= 11 is 0. The van der Waals surface area contributed by atoms with Crippen LogP contribution < -0.4 is 9.47 Å². The molecule has 0 amide bonds. The highest BCUT2D eigenvalue weighted by Gasteiger charge is 2.21. The van der Waals surface area contributed by atoms with E-state index in [0.29, 0.717) is 22.8 Å². The van der Waals surface area contributed by atoms with Crippen LogP contribution in [0.3, 0.4) is 0 Å². The Kier molecular flexibility index (Phi) is 2.95. The third-order valence-electron chi connectivity index (χ3n) is 3.50. The summed E-state index contributed by atoms with van der Waals surface area (Å²) in [7, 11) is 0. The van der Waals surface area contributed by atoms with Gasteiger partial charge in [-0.05, 0) is 30.3 Å². The zero-order chi connectivity index (χ0) is 15.8. The molecule has 4 rings (SSSR count). The molecule has 0 bridgehead atoms. The highest BCUT2D eigenvalue weighted by Crippen LogP contribution is 2.37. The quantitative estimate of drug-likeness (QED) is 0.727. The van der Waals surface area contributed by atoms with Crippen molar-refractivity contribution in [1.82, 2.24) is 15.0 Å². The molecule has 0 aliphatic carbocycles. The van der Waals surface area contributed by atoms with Gasteiger partial charge in [0.2, 0.25) is 6.79 Å². The fourth-order valence-electron chi connectivity index (χ4n) is 2.45. The number of nitrogens with zero attached hydrogens (tertiary/aromatic N) is 4. The first-order chi connectivity index (χ1) is 11.3. The Morgan fingerprint density at radius 3 is 2.78 bits per heavy atom. The van der Waals surface area contributed by atoms with E-state index in [9.17, 15) is 9.65 Å². The number of aromatic nitrogens is 3. The van der Waals surface area contributed by atoms with E-state index in [2.05, 4.69) is 10.3 Å². The number of nitriles is 1. The van der Waals surface area contributed by atoms with E-state index in [0.717, 1.165) is 0 Å². The maximum Gasteiger partial charge on any atom is 0.231 e. The molecule has 0 N–H and O–H groups in total. The largest absolute Gasteiger partial charge is 0.454 e. The van der Waals surface area contributed by atoms with E-state index in [-0.39, 0.29) is 18.2 Å². The molecular formula is C16H9FN4O2. The predicted octanol–water partition coefficient (Wildman–Crippen LogP) is 2.67. The van der Waals surface area contributed by atoms with Crippen molar-refractivity contribution in [2.75, 3.05) is 6.79 Å². The van der Waals surface area contributed by atoms with Gasteiger partial charge in [0, 0.05) is 5.56 Å². The molecule has 0 fully saturated rings. The van der Waals surface area contributed by atoms with Gasteiger partial charge in [-0.15, -0.1) is 5.10 Å². The molecule has 6 nitrogen and oxygen atoms in total. The molecule has 0 radical (unpaired) electrons. The lowest BCUT2D eigenvalue weighted by atomic mass is 10.1. The third-order valence-corrected chi connectivity index (χ3v) is 3.50. The average molecular weight is 308 g/mol. The van der Waals surface area contributed by atoms with Gasteiger partial charge >= 0.3 is 0 Å². The summed E-state index contributed by atoms with van der Waals surface area (Å²) < 4.78 is 26.0. The lowest BCUT2D eigenvalue weighted by Gasteiger charge is -2.08. The van der Waals surface area contributed by atoms with E-state index >= 15 is 0 Å². The van der Waals surface area contributed by atoms with Crippen LogP contribution in [0.15, 0.2) is 42.5 Å². The summed E-state index contributed by atoms with van der Waals surface area (Å²) in [5.74, 6) is 0.730. The van der Waals surface area contributed by atoms with Gasteiger partial charge in [-0.2, -0.15) is 5.26 Å². The molecule has 0 saturated heterocycles. The molecule has 7 heteroatoms. The Hall–Kier alpha value is -3.40. The molecule has 0 saturated carbocycles. The minimum atomic E-state index is -0.455. The van der Waals surface area contributed by atoms with Crippen LogP contribution in [0.25, 0.3) is 16.9 Å². The van der Waals surface area contributed by atoms with E-state index in [1.54, 1.807) is 36.4 Å². The second kappa shape index (κ2) is 5.10. The van der Waals surface area contributed by atoms with Crippen LogP contribution in [0.5, 0.6) is 11.5 Å². The summed E-state index contributed by atoms with van der Waals surface area (Å²) in [4.78, 5) is 0. The molecule has 1 aromatic heterocycles. The standard InChI is InChI=1S/C16H9FN4O2/c17-11-3-1-2-4-13(11)21-16(12(8-18)19-20-21)10-5-6-14-15(7-10)23-9-22-14/h1-7H,9H2. The van der Waals surface area contributed by atoms with Crippen LogP contribution in [-0.2, 0) is 0 Å². The van der Waals surface area contributed by atoms with Gasteiger partial charge in [0.15, 0.2) is 17.2 Å². The van der Waals surface area contributed by atoms with E-state index in [1.165, 1.54) is 10.7 Å². The van der Waals surface area contributed by atoms with Gasteiger partial charge in [0.1, 0.15) is 23.3 Å². The van der Waals surface area contributed by atoms with Gasteiger partial charge in [0.25, 0.3) is 0 Å². The Bertz CT molecular complexity index is 945. The van der Waals surface area contributed by atoms with E-state index in [1.807, 2.05) is 6.07 Å². The summed E-state index contributed by atoms with van der Waals surface area (Å²) in [6.45, 7) is 0.148. The molecule has 112 valence electrons. The molecule has 2 heterocycles. The monoisotopic (exact) mass is 308 g/mol. The molecule has 0 unspecified atom stereocenters. The molecular weight excluding hydrogens is 299 g/mol. The molecule has 1 aliphatic rings. The van der Waals surface area contributed by atoms with E-state index in [4.69, 9.17) is 9.47 Å². The van der Waals surface area contributed by atoms with Crippen molar-refractivity contribution in [3.8, 4) is 34.5 Å². The lowest BCUT2D eigenvalue weighted by molar-refractivity contribution is 0.174. The summed E-state index contributed by atoms with van der Waals surface area (Å²) in [5.41, 5.74) is 1.36. The number of hydrogen-bond donors (Lipinski definition) is 0. The first-order valence-electron chi connectivity index (χ1n) is 6.78. The van der Waals surface area contributed by atoms with Crippen molar-refractivity contribution >= 4 is 0 Å². The van der Waals surface area contributed by atoms with Crippen LogP contribution in [0.4, 0.5) is 4.39 Å². The number of rotatable bonds is 2. The smallest absolute Gasteiger partial charge is 0.231 e. The minimum Gasteiger partial charge on any atom is -0.454 e. The van der Waals surface area contributed by atoms with Crippen LogP contribution in [-0.4, -0.2) is 21.8 Å². The van der Waals surface area contributed by atoms with Crippen LogP contribution in [0.1, 0.15) is 5.69 Å². The van der Waals surface area contributed by atoms with Gasteiger partial charge in [-0.3, -0.25) is 0 Å². The van der Waals surface area contributed by atoms with E-state index < -0.39 is 5.82 Å². The first kappa shape index (κ1) is 13.3. The number of ether oxygens (including phenoxy) is 2. The van der Waals surface area contributed by atoms with Crippen molar-refractivity contribution in [3.05, 3.63) is 54.0 Å². The fourth-order valence-corrected chi connectivity index (χ4v) is 2.45. The van der Waals surface area contributed by atoms with Gasteiger partial charge in [-0.25, -0.2) is 9.07 Å². The number of fused-ring (bicyclic) bond motifs is 1. The predicted molar refractivity (Wildman–Crippen MR) is 77.6 cm³/mol. The summed E-state index contributed by atoms with van der Waals surface area (Å²) in [6, 6.07) is 13.4. The average Bonchev–Trinajstić information content (AvgIpc) is 3.20. The Morgan fingerprint density at radius 1 is 1.13 bits per heavy atom. The maximum atomic E-state index is 14.1. The molecule has 1 aliphatic heterocycles. The Labute approximate surface area is 130 Å². The van der Waals surface area contributed by atoms with Crippen LogP contribution in [0.2, 0.25) is 0 Å². The van der Waals surface area contributed by atoms with Crippen LogP contribution >= 0.6 is 0 Å². The van der Waals surface area contributed by atoms with Crippen molar-refractivity contribution in [3.63, 3.8) is 0 Å². The normalized spacial score (nSPS) is 12.2. The fraction of sp³-hybridized carbons (Fsp3) is 0.0625. The number of benzene rings is 2. The SMILES string of the molecule is N#Cc1nnn(-c2ccccc2F)c1-c1ccc2c(c1)OCO2. The third kappa shape index (κ3) is 2.08. The zero-order valence-electron chi connectivity index (χ0n) is 11.7. The molecule has 3 aromatic rings. The molecule has 2 aromatic carbocycles. The second-order valence-corrected chi connectivity index (χ2v) is 4.83. The second-order valence-electron chi connectivity index (χ2n) is 4.83.